The number of hydrogen-bond donors (Lipinski definition) is 0. The summed E-state index contributed by atoms with van der Waals surface area (Å²) in [5.41, 5.74) is 4.41. The van der Waals surface area contributed by atoms with Gasteiger partial charge in [0.25, 0.3) is 0 Å². The summed E-state index contributed by atoms with van der Waals surface area (Å²) in [6.07, 6.45) is 5.60. The van der Waals surface area contributed by atoms with Gasteiger partial charge in [-0.1, -0.05) is 6.07 Å². The van der Waals surface area contributed by atoms with E-state index in [1.165, 1.54) is 0 Å². The number of benzene rings is 1. The molecular weight excluding hydrogens is 532 g/mol. The lowest BCUT2D eigenvalue weighted by molar-refractivity contribution is 0.0196. The molecule has 6 rings (SSSR count). The Bertz CT molecular complexity index is 1620. The van der Waals surface area contributed by atoms with E-state index in [9.17, 15) is 4.79 Å². The van der Waals surface area contributed by atoms with Crippen LogP contribution in [0.5, 0.6) is 5.75 Å². The highest BCUT2D eigenvalue weighted by atomic mass is 16.6. The van der Waals surface area contributed by atoms with Crippen molar-refractivity contribution in [3.05, 3.63) is 42.1 Å². The van der Waals surface area contributed by atoms with E-state index in [2.05, 4.69) is 51.8 Å². The fourth-order valence-corrected chi connectivity index (χ4v) is 5.97. The van der Waals surface area contributed by atoms with Gasteiger partial charge < -0.3 is 18.9 Å². The average Bonchev–Trinajstić information content (AvgIpc) is 3.61. The predicted octanol–water partition coefficient (Wildman–Crippen LogP) is 5.61. The number of nitrogens with zero attached hydrogens (tertiary/aromatic N) is 8. The third kappa shape index (κ3) is 5.28. The number of ether oxygens (including phenoxy) is 2. The molecular formula is C31H40N8O3. The number of piperidine rings is 1. The van der Waals surface area contributed by atoms with Crippen LogP contribution in [0.15, 0.2) is 30.6 Å². The normalized spacial score (nSPS) is 17.0. The Hall–Kier alpha value is -4.15. The van der Waals surface area contributed by atoms with Crippen LogP contribution in [0.4, 0.5) is 4.79 Å². The van der Waals surface area contributed by atoms with E-state index in [0.29, 0.717) is 26.2 Å². The Morgan fingerprint density at radius 3 is 2.69 bits per heavy atom. The lowest BCUT2D eigenvalue weighted by Gasteiger charge is -2.34. The molecule has 0 bridgehead atoms. The predicted molar refractivity (Wildman–Crippen MR) is 159 cm³/mol. The van der Waals surface area contributed by atoms with Crippen LogP contribution >= 0.6 is 0 Å². The van der Waals surface area contributed by atoms with Crippen LogP contribution in [-0.4, -0.2) is 70.4 Å². The Labute approximate surface area is 246 Å². The van der Waals surface area contributed by atoms with Gasteiger partial charge in [-0.05, 0) is 72.1 Å². The summed E-state index contributed by atoms with van der Waals surface area (Å²) < 4.78 is 17.9. The van der Waals surface area contributed by atoms with E-state index in [1.54, 1.807) is 0 Å². The third-order valence-corrected chi connectivity index (χ3v) is 7.80. The number of imidazole rings is 1. The molecule has 2 aliphatic heterocycles. The lowest BCUT2D eigenvalue weighted by atomic mass is 9.90. The minimum atomic E-state index is -0.524. The SMILES string of the molecule is Cc1nc(-c2cn3c(n2)-c2ccc(-c4cnn(C)c4C4CCCN(C(=O)OC(C)(C)C)C4)cc2OCC3)n(C(C)C)n1. The molecule has 1 aromatic carbocycles. The molecule has 1 unspecified atom stereocenters. The molecule has 11 heteroatoms. The van der Waals surface area contributed by atoms with Gasteiger partial charge in [0.15, 0.2) is 5.82 Å². The molecule has 0 aliphatic carbocycles. The van der Waals surface area contributed by atoms with Gasteiger partial charge in [-0.15, -0.1) is 0 Å². The smallest absolute Gasteiger partial charge is 0.410 e. The molecule has 1 saturated heterocycles. The van der Waals surface area contributed by atoms with Crippen molar-refractivity contribution in [1.29, 1.82) is 0 Å². The van der Waals surface area contributed by atoms with Crippen molar-refractivity contribution in [3.8, 4) is 39.8 Å². The number of hydrogen-bond acceptors (Lipinski definition) is 7. The molecule has 5 heterocycles. The van der Waals surface area contributed by atoms with Crippen molar-refractivity contribution < 1.29 is 14.3 Å². The van der Waals surface area contributed by atoms with Crippen LogP contribution in [-0.2, 0) is 18.3 Å². The Balaban J connectivity index is 1.32. The first-order valence-electron chi connectivity index (χ1n) is 14.8. The molecule has 42 heavy (non-hydrogen) atoms. The van der Waals surface area contributed by atoms with Crippen LogP contribution in [0.1, 0.15) is 70.9 Å². The first-order chi connectivity index (χ1) is 20.0. The van der Waals surface area contributed by atoms with Crippen LogP contribution in [0.25, 0.3) is 34.0 Å². The van der Waals surface area contributed by atoms with Crippen molar-refractivity contribution in [2.75, 3.05) is 19.7 Å². The number of rotatable bonds is 4. The van der Waals surface area contributed by atoms with Crippen LogP contribution in [0, 0.1) is 6.92 Å². The highest BCUT2D eigenvalue weighted by molar-refractivity contribution is 5.76. The summed E-state index contributed by atoms with van der Waals surface area (Å²) >= 11 is 0. The topological polar surface area (TPSA) is 105 Å². The lowest BCUT2D eigenvalue weighted by Crippen LogP contribution is -2.42. The fourth-order valence-electron chi connectivity index (χ4n) is 5.97. The molecule has 222 valence electrons. The number of amides is 1. The molecule has 0 saturated carbocycles. The minimum absolute atomic E-state index is 0.150. The van der Waals surface area contributed by atoms with E-state index in [1.807, 2.05) is 61.4 Å². The van der Waals surface area contributed by atoms with Gasteiger partial charge in [0.1, 0.15) is 35.3 Å². The van der Waals surface area contributed by atoms with E-state index in [4.69, 9.17) is 14.5 Å². The summed E-state index contributed by atoms with van der Waals surface area (Å²) in [6.45, 7) is 14.3. The zero-order valence-corrected chi connectivity index (χ0v) is 25.6. The first kappa shape index (κ1) is 28.0. The van der Waals surface area contributed by atoms with Gasteiger partial charge in [0.05, 0.1) is 24.0 Å². The van der Waals surface area contributed by atoms with Gasteiger partial charge >= 0.3 is 6.09 Å². The maximum atomic E-state index is 12.9. The van der Waals surface area contributed by atoms with Crippen molar-refractivity contribution in [1.82, 2.24) is 39.0 Å². The van der Waals surface area contributed by atoms with Crippen LogP contribution < -0.4 is 4.74 Å². The fraction of sp³-hybridized carbons (Fsp3) is 0.516. The van der Waals surface area contributed by atoms with E-state index in [0.717, 1.165) is 64.1 Å². The van der Waals surface area contributed by atoms with Gasteiger partial charge in [0.2, 0.25) is 0 Å². The molecule has 1 atom stereocenters. The van der Waals surface area contributed by atoms with Crippen molar-refractivity contribution in [2.45, 2.75) is 78.5 Å². The zero-order valence-electron chi connectivity index (χ0n) is 25.6. The van der Waals surface area contributed by atoms with Gasteiger partial charge in [0, 0.05) is 43.9 Å². The molecule has 0 N–H and O–H groups in total. The first-order valence-corrected chi connectivity index (χ1v) is 14.8. The van der Waals surface area contributed by atoms with Crippen molar-refractivity contribution in [2.24, 2.45) is 7.05 Å². The molecule has 1 fully saturated rings. The zero-order chi connectivity index (χ0) is 29.8. The summed E-state index contributed by atoms with van der Waals surface area (Å²) in [4.78, 5) is 24.4. The van der Waals surface area contributed by atoms with E-state index < -0.39 is 5.60 Å². The quantitative estimate of drug-likeness (QED) is 0.313. The molecule has 2 aliphatic rings. The standard InChI is InChI=1S/C31H40N8O3/c1-19(2)39-29(33-20(3)35-39)25-18-37-13-14-41-26-15-21(10-11-23(26)28(37)34-25)24-16-32-36(7)27(24)22-9-8-12-38(17-22)30(40)42-31(4,5)6/h10-11,15-16,18-19,22H,8-9,12-14,17H2,1-7H3. The monoisotopic (exact) mass is 572 g/mol. The molecule has 3 aromatic heterocycles. The van der Waals surface area contributed by atoms with Gasteiger partial charge in [-0.3, -0.25) is 4.68 Å². The average molecular weight is 573 g/mol. The largest absolute Gasteiger partial charge is 0.491 e. The van der Waals surface area contributed by atoms with Crippen molar-refractivity contribution in [3.63, 3.8) is 0 Å². The van der Waals surface area contributed by atoms with E-state index in [-0.39, 0.29) is 18.1 Å². The number of carbonyl (C=O) groups is 1. The molecule has 11 nitrogen and oxygen atoms in total. The highest BCUT2D eigenvalue weighted by Crippen LogP contribution is 2.40. The second-order valence-electron chi connectivity index (χ2n) is 12.6. The number of aromatic nitrogens is 7. The van der Waals surface area contributed by atoms with Gasteiger partial charge in [-0.25, -0.2) is 19.4 Å². The number of likely N-dealkylation sites (tertiary alicyclic amines) is 1. The summed E-state index contributed by atoms with van der Waals surface area (Å²) in [5.74, 6) is 3.30. The van der Waals surface area contributed by atoms with Gasteiger partial charge in [-0.2, -0.15) is 10.2 Å². The summed E-state index contributed by atoms with van der Waals surface area (Å²) in [7, 11) is 1.97. The molecule has 0 radical (unpaired) electrons. The second kappa shape index (κ2) is 10.6. The molecule has 4 aromatic rings. The van der Waals surface area contributed by atoms with Crippen LogP contribution in [0.3, 0.4) is 0 Å². The maximum absolute atomic E-state index is 12.9. The summed E-state index contributed by atoms with van der Waals surface area (Å²) in [5, 5.41) is 9.21. The third-order valence-electron chi connectivity index (χ3n) is 7.80. The Morgan fingerprint density at radius 2 is 1.93 bits per heavy atom. The Morgan fingerprint density at radius 1 is 1.12 bits per heavy atom. The molecule has 0 spiro atoms. The number of fused-ring (bicyclic) bond motifs is 3. The number of aryl methyl sites for hydroxylation is 2. The van der Waals surface area contributed by atoms with E-state index >= 15 is 0 Å². The second-order valence-corrected chi connectivity index (χ2v) is 12.6. The van der Waals surface area contributed by atoms with Crippen molar-refractivity contribution >= 4 is 6.09 Å². The Kier molecular flexibility index (Phi) is 7.06. The highest BCUT2D eigenvalue weighted by Gasteiger charge is 2.32. The molecule has 1 amide bonds. The maximum Gasteiger partial charge on any atom is 0.410 e. The minimum Gasteiger partial charge on any atom is -0.491 e. The van der Waals surface area contributed by atoms with Crippen LogP contribution in [0.2, 0.25) is 0 Å². The summed E-state index contributed by atoms with van der Waals surface area (Å²) in [6, 6.07) is 6.47. The number of carbonyl (C=O) groups excluding carboxylic acids is 1.